The van der Waals surface area contributed by atoms with Crippen molar-refractivity contribution >= 4 is 15.9 Å². The molecule has 4 heteroatoms. The third-order valence-electron chi connectivity index (χ3n) is 3.72. The highest BCUT2D eigenvalue weighted by Gasteiger charge is 2.16. The summed E-state index contributed by atoms with van der Waals surface area (Å²) in [5.41, 5.74) is 3.58. The molecular weight excluding hydrogens is 302 g/mol. The van der Waals surface area contributed by atoms with Crippen LogP contribution >= 0.6 is 15.9 Å². The zero-order valence-electron chi connectivity index (χ0n) is 11.0. The standard InChI is InChI=1S/C15H18BrN3/c1-10-4-5-11(16)7-13(10)14-9-18-15(19-14)8-12-3-2-6-17-12/h4-5,7,9,12,17H,2-3,6,8H2,1H3,(H,18,19). The number of aromatic amines is 1. The van der Waals surface area contributed by atoms with E-state index >= 15 is 0 Å². The molecule has 1 fully saturated rings. The van der Waals surface area contributed by atoms with E-state index in [1.807, 2.05) is 6.20 Å². The van der Waals surface area contributed by atoms with Gasteiger partial charge in [-0.2, -0.15) is 0 Å². The minimum Gasteiger partial charge on any atom is -0.342 e. The first-order valence-electron chi connectivity index (χ1n) is 6.76. The summed E-state index contributed by atoms with van der Waals surface area (Å²) in [6, 6.07) is 6.92. The predicted octanol–water partition coefficient (Wildman–Crippen LogP) is 3.44. The molecule has 2 aromatic rings. The lowest BCUT2D eigenvalue weighted by molar-refractivity contribution is 0.589. The van der Waals surface area contributed by atoms with Gasteiger partial charge in [-0.15, -0.1) is 0 Å². The quantitative estimate of drug-likeness (QED) is 0.909. The van der Waals surface area contributed by atoms with E-state index in [2.05, 4.69) is 56.3 Å². The third-order valence-corrected chi connectivity index (χ3v) is 4.21. The van der Waals surface area contributed by atoms with E-state index in [4.69, 9.17) is 0 Å². The molecule has 0 radical (unpaired) electrons. The number of halogens is 1. The SMILES string of the molecule is Cc1ccc(Br)cc1-c1cnc(CC2CCCN2)[nH]1. The molecule has 0 spiro atoms. The maximum Gasteiger partial charge on any atom is 0.108 e. The van der Waals surface area contributed by atoms with E-state index in [1.54, 1.807) is 0 Å². The highest BCUT2D eigenvalue weighted by molar-refractivity contribution is 9.10. The lowest BCUT2D eigenvalue weighted by Crippen LogP contribution is -2.24. The van der Waals surface area contributed by atoms with Crippen LogP contribution in [0.4, 0.5) is 0 Å². The van der Waals surface area contributed by atoms with Crippen LogP contribution in [0.2, 0.25) is 0 Å². The Morgan fingerprint density at radius 2 is 2.32 bits per heavy atom. The van der Waals surface area contributed by atoms with E-state index in [0.717, 1.165) is 29.0 Å². The first-order valence-corrected chi connectivity index (χ1v) is 7.55. The van der Waals surface area contributed by atoms with Gasteiger partial charge in [-0.3, -0.25) is 0 Å². The van der Waals surface area contributed by atoms with Gasteiger partial charge in [-0.05, 0) is 44.0 Å². The molecular formula is C15H18BrN3. The summed E-state index contributed by atoms with van der Waals surface area (Å²) < 4.78 is 1.10. The molecule has 100 valence electrons. The Hall–Kier alpha value is -1.13. The molecule has 0 bridgehead atoms. The minimum absolute atomic E-state index is 0.586. The molecule has 19 heavy (non-hydrogen) atoms. The van der Waals surface area contributed by atoms with E-state index in [0.29, 0.717) is 6.04 Å². The summed E-state index contributed by atoms with van der Waals surface area (Å²) >= 11 is 3.53. The molecule has 1 atom stereocenters. The van der Waals surface area contributed by atoms with Gasteiger partial charge in [-0.25, -0.2) is 4.98 Å². The fourth-order valence-electron chi connectivity index (χ4n) is 2.65. The molecule has 1 aliphatic rings. The number of imidazole rings is 1. The van der Waals surface area contributed by atoms with Crippen LogP contribution in [0.25, 0.3) is 11.3 Å². The van der Waals surface area contributed by atoms with Crippen LogP contribution in [0.3, 0.4) is 0 Å². The number of H-pyrrole nitrogens is 1. The molecule has 2 N–H and O–H groups in total. The monoisotopic (exact) mass is 319 g/mol. The summed E-state index contributed by atoms with van der Waals surface area (Å²) in [7, 11) is 0. The van der Waals surface area contributed by atoms with Gasteiger partial charge in [0.15, 0.2) is 0 Å². The molecule has 0 amide bonds. The number of benzene rings is 1. The molecule has 3 nitrogen and oxygen atoms in total. The summed E-state index contributed by atoms with van der Waals surface area (Å²) in [4.78, 5) is 7.97. The first-order chi connectivity index (χ1) is 9.22. The Bertz CT molecular complexity index is 571. The fraction of sp³-hybridized carbons (Fsp3) is 0.400. The number of aromatic nitrogens is 2. The second-order valence-corrected chi connectivity index (χ2v) is 6.12. The van der Waals surface area contributed by atoms with Gasteiger partial charge in [-0.1, -0.05) is 22.0 Å². The summed E-state index contributed by atoms with van der Waals surface area (Å²) in [5, 5.41) is 3.51. The molecule has 1 aromatic heterocycles. The van der Waals surface area contributed by atoms with Gasteiger partial charge in [0.25, 0.3) is 0 Å². The second kappa shape index (κ2) is 5.47. The molecule has 1 unspecified atom stereocenters. The smallest absolute Gasteiger partial charge is 0.108 e. The fourth-order valence-corrected chi connectivity index (χ4v) is 3.01. The average molecular weight is 320 g/mol. The van der Waals surface area contributed by atoms with Crippen molar-refractivity contribution in [2.45, 2.75) is 32.2 Å². The van der Waals surface area contributed by atoms with Crippen molar-refractivity contribution in [3.63, 3.8) is 0 Å². The molecule has 2 heterocycles. The Morgan fingerprint density at radius 1 is 1.42 bits per heavy atom. The van der Waals surface area contributed by atoms with Crippen LogP contribution < -0.4 is 5.32 Å². The van der Waals surface area contributed by atoms with E-state index < -0.39 is 0 Å². The van der Waals surface area contributed by atoms with Crippen molar-refractivity contribution in [1.82, 2.24) is 15.3 Å². The largest absolute Gasteiger partial charge is 0.342 e. The van der Waals surface area contributed by atoms with Crippen LogP contribution in [-0.2, 0) is 6.42 Å². The number of aryl methyl sites for hydroxylation is 1. The molecule has 1 aromatic carbocycles. The first kappa shape index (κ1) is 12.9. The molecule has 1 saturated heterocycles. The van der Waals surface area contributed by atoms with Crippen molar-refractivity contribution in [3.8, 4) is 11.3 Å². The van der Waals surface area contributed by atoms with Gasteiger partial charge in [0.05, 0.1) is 11.9 Å². The summed E-state index contributed by atoms with van der Waals surface area (Å²) in [6.07, 6.45) is 5.47. The van der Waals surface area contributed by atoms with Crippen molar-refractivity contribution in [3.05, 3.63) is 40.3 Å². The van der Waals surface area contributed by atoms with Crippen molar-refractivity contribution < 1.29 is 0 Å². The highest BCUT2D eigenvalue weighted by Crippen LogP contribution is 2.25. The minimum atomic E-state index is 0.586. The van der Waals surface area contributed by atoms with Gasteiger partial charge in [0, 0.05) is 22.5 Å². The number of nitrogens with zero attached hydrogens (tertiary/aromatic N) is 1. The van der Waals surface area contributed by atoms with Gasteiger partial charge in [0.2, 0.25) is 0 Å². The Labute approximate surface area is 122 Å². The summed E-state index contributed by atoms with van der Waals surface area (Å²) in [5.74, 6) is 1.08. The van der Waals surface area contributed by atoms with Crippen LogP contribution in [-0.4, -0.2) is 22.6 Å². The summed E-state index contributed by atoms with van der Waals surface area (Å²) in [6.45, 7) is 3.27. The Kier molecular flexibility index (Phi) is 3.71. The van der Waals surface area contributed by atoms with E-state index in [-0.39, 0.29) is 0 Å². The number of rotatable bonds is 3. The lowest BCUT2D eigenvalue weighted by Gasteiger charge is -2.07. The van der Waals surface area contributed by atoms with Crippen LogP contribution in [0.5, 0.6) is 0 Å². The zero-order chi connectivity index (χ0) is 13.2. The average Bonchev–Trinajstić information content (AvgIpc) is 3.04. The predicted molar refractivity (Wildman–Crippen MR) is 81.2 cm³/mol. The number of nitrogens with one attached hydrogen (secondary N) is 2. The van der Waals surface area contributed by atoms with Crippen LogP contribution in [0.15, 0.2) is 28.9 Å². The topological polar surface area (TPSA) is 40.7 Å². The van der Waals surface area contributed by atoms with Crippen LogP contribution in [0.1, 0.15) is 24.2 Å². The number of hydrogen-bond donors (Lipinski definition) is 2. The van der Waals surface area contributed by atoms with Crippen LogP contribution in [0, 0.1) is 6.92 Å². The van der Waals surface area contributed by atoms with Crippen molar-refractivity contribution in [1.29, 1.82) is 0 Å². The van der Waals surface area contributed by atoms with E-state index in [1.165, 1.54) is 24.0 Å². The zero-order valence-corrected chi connectivity index (χ0v) is 12.6. The van der Waals surface area contributed by atoms with Gasteiger partial charge in [0.1, 0.15) is 5.82 Å². The van der Waals surface area contributed by atoms with Crippen molar-refractivity contribution in [2.75, 3.05) is 6.54 Å². The molecule has 0 saturated carbocycles. The van der Waals surface area contributed by atoms with Crippen molar-refractivity contribution in [2.24, 2.45) is 0 Å². The van der Waals surface area contributed by atoms with Gasteiger partial charge < -0.3 is 10.3 Å². The maximum atomic E-state index is 4.52. The Balaban J connectivity index is 1.82. The maximum absolute atomic E-state index is 4.52. The molecule has 0 aliphatic carbocycles. The lowest BCUT2D eigenvalue weighted by atomic mass is 10.1. The highest BCUT2D eigenvalue weighted by atomic mass is 79.9. The third kappa shape index (κ3) is 2.90. The Morgan fingerprint density at radius 3 is 3.11 bits per heavy atom. The molecule has 1 aliphatic heterocycles. The molecule has 3 rings (SSSR count). The normalized spacial score (nSPS) is 18.9. The number of hydrogen-bond acceptors (Lipinski definition) is 2. The van der Waals surface area contributed by atoms with E-state index in [9.17, 15) is 0 Å². The second-order valence-electron chi connectivity index (χ2n) is 5.20. The van der Waals surface area contributed by atoms with Gasteiger partial charge >= 0.3 is 0 Å².